The lowest BCUT2D eigenvalue weighted by atomic mass is 10.1. The minimum Gasteiger partial charge on any atom is -0.458 e. The molecule has 1 saturated heterocycles. The third-order valence-electron chi connectivity index (χ3n) is 4.03. The summed E-state index contributed by atoms with van der Waals surface area (Å²) < 4.78 is 38.1. The van der Waals surface area contributed by atoms with E-state index >= 15 is 0 Å². The molecule has 0 saturated carbocycles. The molecule has 1 atom stereocenters. The van der Waals surface area contributed by atoms with Gasteiger partial charge >= 0.3 is 5.97 Å². The number of para-hydroxylation sites is 1. The molecular formula is C18H28N2O5S. The number of sulfonamides is 1. The Balaban J connectivity index is 2.04. The summed E-state index contributed by atoms with van der Waals surface area (Å²) >= 11 is 0. The second-order valence-electron chi connectivity index (χ2n) is 7.40. The number of anilines is 1. The first-order valence-electron chi connectivity index (χ1n) is 8.77. The molecule has 0 aliphatic carbocycles. The maximum Gasteiger partial charge on any atom is 0.332 e. The molecule has 0 bridgehead atoms. The zero-order chi connectivity index (χ0) is 19.4. The lowest BCUT2D eigenvalue weighted by Crippen LogP contribution is -2.46. The van der Waals surface area contributed by atoms with Gasteiger partial charge in [0.15, 0.2) is 0 Å². The Morgan fingerprint density at radius 2 is 1.96 bits per heavy atom. The number of hydrogen-bond donors (Lipinski definition) is 1. The first-order valence-corrected chi connectivity index (χ1v) is 10.2. The minimum absolute atomic E-state index is 0.110. The van der Waals surface area contributed by atoms with Gasteiger partial charge in [0.1, 0.15) is 17.1 Å². The van der Waals surface area contributed by atoms with Gasteiger partial charge in [0, 0.05) is 12.6 Å². The Morgan fingerprint density at radius 1 is 1.27 bits per heavy atom. The van der Waals surface area contributed by atoms with Crippen LogP contribution < -0.4 is 5.73 Å². The van der Waals surface area contributed by atoms with Crippen LogP contribution in [0, 0.1) is 0 Å². The van der Waals surface area contributed by atoms with E-state index in [1.807, 2.05) is 0 Å². The highest BCUT2D eigenvalue weighted by molar-refractivity contribution is 7.89. The Kier molecular flexibility index (Phi) is 6.65. The lowest BCUT2D eigenvalue weighted by Gasteiger charge is -2.34. The Bertz CT molecular complexity index is 727. The first kappa shape index (κ1) is 20.7. The third-order valence-corrected chi connectivity index (χ3v) is 6.05. The third kappa shape index (κ3) is 5.43. The number of hydrogen-bond acceptors (Lipinski definition) is 6. The second-order valence-corrected chi connectivity index (χ2v) is 9.26. The van der Waals surface area contributed by atoms with Crippen molar-refractivity contribution in [1.29, 1.82) is 0 Å². The molecule has 1 unspecified atom stereocenters. The van der Waals surface area contributed by atoms with Crippen molar-refractivity contribution in [3.8, 4) is 0 Å². The van der Waals surface area contributed by atoms with Crippen LogP contribution in [0.3, 0.4) is 0 Å². The van der Waals surface area contributed by atoms with Crippen molar-refractivity contribution in [1.82, 2.24) is 4.31 Å². The van der Waals surface area contributed by atoms with Gasteiger partial charge in [0.2, 0.25) is 10.0 Å². The van der Waals surface area contributed by atoms with Gasteiger partial charge in [0.05, 0.1) is 12.3 Å². The summed E-state index contributed by atoms with van der Waals surface area (Å²) in [6, 6.07) is 6.12. The number of nitrogens with two attached hydrogens (primary N) is 1. The number of rotatable bonds is 6. The van der Waals surface area contributed by atoms with E-state index in [4.69, 9.17) is 15.2 Å². The summed E-state index contributed by atoms with van der Waals surface area (Å²) in [4.78, 5) is 11.9. The largest absolute Gasteiger partial charge is 0.458 e. The zero-order valence-electron chi connectivity index (χ0n) is 15.6. The summed E-state index contributed by atoms with van der Waals surface area (Å²) in [6.45, 7) is 5.71. The van der Waals surface area contributed by atoms with Crippen molar-refractivity contribution in [2.75, 3.05) is 25.5 Å². The number of esters is 1. The summed E-state index contributed by atoms with van der Waals surface area (Å²) in [5.74, 6) is -0.463. The molecule has 8 heteroatoms. The average Bonchev–Trinajstić information content (AvgIpc) is 2.53. The predicted octanol–water partition coefficient (Wildman–Crippen LogP) is 2.17. The number of piperidine rings is 1. The van der Waals surface area contributed by atoms with E-state index in [2.05, 4.69) is 0 Å². The van der Waals surface area contributed by atoms with Gasteiger partial charge in [-0.2, -0.15) is 4.31 Å². The van der Waals surface area contributed by atoms with E-state index in [1.165, 1.54) is 10.4 Å². The zero-order valence-corrected chi connectivity index (χ0v) is 16.4. The molecule has 146 valence electrons. The monoisotopic (exact) mass is 384 g/mol. The molecule has 1 aromatic rings. The van der Waals surface area contributed by atoms with E-state index in [9.17, 15) is 13.2 Å². The molecule has 1 fully saturated rings. The van der Waals surface area contributed by atoms with Crippen molar-refractivity contribution in [3.63, 3.8) is 0 Å². The number of carbonyl (C=O) groups is 1. The van der Waals surface area contributed by atoms with Gasteiger partial charge in [-0.3, -0.25) is 0 Å². The van der Waals surface area contributed by atoms with Gasteiger partial charge in [-0.15, -0.1) is 0 Å². The van der Waals surface area contributed by atoms with E-state index in [0.717, 1.165) is 12.8 Å². The van der Waals surface area contributed by atoms with E-state index < -0.39 is 21.6 Å². The van der Waals surface area contributed by atoms with Crippen LogP contribution in [-0.2, 0) is 24.3 Å². The summed E-state index contributed by atoms with van der Waals surface area (Å²) in [5, 5.41) is 0. The smallest absolute Gasteiger partial charge is 0.332 e. The quantitative estimate of drug-likeness (QED) is 0.596. The highest BCUT2D eigenvalue weighted by Crippen LogP contribution is 2.28. The fraction of sp³-hybridized carbons (Fsp3) is 0.611. The van der Waals surface area contributed by atoms with Gasteiger partial charge < -0.3 is 15.2 Å². The summed E-state index contributed by atoms with van der Waals surface area (Å²) in [5.41, 5.74) is 5.51. The Labute approximate surface area is 155 Å². The highest BCUT2D eigenvalue weighted by atomic mass is 32.2. The van der Waals surface area contributed by atoms with Gasteiger partial charge in [-0.05, 0) is 45.7 Å². The van der Waals surface area contributed by atoms with Crippen molar-refractivity contribution in [3.05, 3.63) is 24.3 Å². The van der Waals surface area contributed by atoms with Crippen LogP contribution in [0.15, 0.2) is 29.2 Å². The molecule has 0 aromatic heterocycles. The van der Waals surface area contributed by atoms with Crippen LogP contribution in [0.25, 0.3) is 0 Å². The van der Waals surface area contributed by atoms with Gasteiger partial charge in [-0.1, -0.05) is 18.6 Å². The number of carbonyl (C=O) groups excluding carboxylic acids is 1. The molecule has 0 radical (unpaired) electrons. The Morgan fingerprint density at radius 3 is 2.62 bits per heavy atom. The van der Waals surface area contributed by atoms with Crippen LogP contribution in [0.4, 0.5) is 5.69 Å². The highest BCUT2D eigenvalue weighted by Gasteiger charge is 2.34. The topological polar surface area (TPSA) is 98.9 Å². The molecule has 1 aliphatic rings. The molecule has 0 amide bonds. The minimum atomic E-state index is -3.71. The molecule has 2 rings (SSSR count). The summed E-state index contributed by atoms with van der Waals surface area (Å²) in [6.07, 6.45) is 2.38. The number of nitrogens with zero attached hydrogens (tertiary/aromatic N) is 1. The summed E-state index contributed by atoms with van der Waals surface area (Å²) in [7, 11) is -3.71. The van der Waals surface area contributed by atoms with Crippen LogP contribution in [0.1, 0.15) is 40.0 Å². The van der Waals surface area contributed by atoms with Crippen molar-refractivity contribution in [2.24, 2.45) is 0 Å². The number of ether oxygens (including phenoxy) is 2. The second kappa shape index (κ2) is 8.37. The van der Waals surface area contributed by atoms with E-state index in [-0.39, 0.29) is 29.8 Å². The van der Waals surface area contributed by atoms with Crippen molar-refractivity contribution < 1.29 is 22.7 Å². The van der Waals surface area contributed by atoms with Gasteiger partial charge in [-0.25, -0.2) is 13.2 Å². The fourth-order valence-corrected chi connectivity index (χ4v) is 4.75. The van der Waals surface area contributed by atoms with E-state index in [0.29, 0.717) is 13.0 Å². The average molecular weight is 384 g/mol. The van der Waals surface area contributed by atoms with E-state index in [1.54, 1.807) is 39.0 Å². The SMILES string of the molecule is CC(C)(C)OC(=O)COCC1CCCCN1S(=O)(=O)c1ccccc1N. The predicted molar refractivity (Wildman–Crippen MR) is 99.0 cm³/mol. The molecule has 1 aliphatic heterocycles. The standard InChI is InChI=1S/C18H28N2O5S/c1-18(2,3)25-17(21)13-24-12-14-8-6-7-11-20(14)26(22,23)16-10-5-4-9-15(16)19/h4-5,9-10,14H,6-8,11-13,19H2,1-3H3. The van der Waals surface area contributed by atoms with Gasteiger partial charge in [0.25, 0.3) is 0 Å². The normalized spacial score (nSPS) is 19.3. The Hall–Kier alpha value is -1.64. The molecule has 26 heavy (non-hydrogen) atoms. The van der Waals surface area contributed by atoms with Crippen LogP contribution in [0.5, 0.6) is 0 Å². The lowest BCUT2D eigenvalue weighted by molar-refractivity contribution is -0.160. The van der Waals surface area contributed by atoms with Crippen LogP contribution in [-0.4, -0.2) is 50.1 Å². The number of nitrogen functional groups attached to an aromatic ring is 1. The molecule has 7 nitrogen and oxygen atoms in total. The fourth-order valence-electron chi connectivity index (χ4n) is 2.95. The molecule has 2 N–H and O–H groups in total. The first-order chi connectivity index (χ1) is 12.1. The maximum absolute atomic E-state index is 13.0. The molecule has 0 spiro atoms. The van der Waals surface area contributed by atoms with Crippen LogP contribution >= 0.6 is 0 Å². The van der Waals surface area contributed by atoms with Crippen LogP contribution in [0.2, 0.25) is 0 Å². The maximum atomic E-state index is 13.0. The molecule has 1 heterocycles. The van der Waals surface area contributed by atoms with Crippen molar-refractivity contribution >= 4 is 21.7 Å². The molecular weight excluding hydrogens is 356 g/mol. The van der Waals surface area contributed by atoms with Crippen molar-refractivity contribution in [2.45, 2.75) is 56.6 Å². The number of benzene rings is 1. The molecule has 1 aromatic carbocycles.